The van der Waals surface area contributed by atoms with Gasteiger partial charge in [-0.1, -0.05) is 6.07 Å². The minimum absolute atomic E-state index is 0.0834. The van der Waals surface area contributed by atoms with Crippen molar-refractivity contribution in [2.75, 3.05) is 5.32 Å². The second-order valence-corrected chi connectivity index (χ2v) is 6.92. The first-order valence-electron chi connectivity index (χ1n) is 7.88. The molecule has 24 heavy (non-hydrogen) atoms. The molecule has 0 aliphatic heterocycles. The summed E-state index contributed by atoms with van der Waals surface area (Å²) in [6.45, 7) is 0.650. The first-order valence-corrected chi connectivity index (χ1v) is 8.76. The predicted octanol–water partition coefficient (Wildman–Crippen LogP) is 3.94. The molecule has 0 radical (unpaired) electrons. The van der Waals surface area contributed by atoms with Crippen molar-refractivity contribution in [2.24, 2.45) is 7.05 Å². The third kappa shape index (κ3) is 3.07. The van der Waals surface area contributed by atoms with Gasteiger partial charge in [0, 0.05) is 24.0 Å². The first-order chi connectivity index (χ1) is 11.7. The summed E-state index contributed by atoms with van der Waals surface area (Å²) in [6.07, 6.45) is 3.75. The van der Waals surface area contributed by atoms with E-state index < -0.39 is 0 Å². The molecule has 3 aromatic heterocycles. The molecular formula is C17H18N4O2S. The van der Waals surface area contributed by atoms with Crippen LogP contribution in [0.4, 0.5) is 10.6 Å². The maximum Gasteiger partial charge on any atom is 0.323 e. The number of aromatic nitrogens is 2. The van der Waals surface area contributed by atoms with Crippen LogP contribution in [0.2, 0.25) is 0 Å². The van der Waals surface area contributed by atoms with Gasteiger partial charge < -0.3 is 9.32 Å². The summed E-state index contributed by atoms with van der Waals surface area (Å²) in [5.74, 6) is 1.34. The Kier molecular flexibility index (Phi) is 3.86. The fraction of sp³-hybridized carbons (Fsp3) is 0.294. The van der Waals surface area contributed by atoms with E-state index in [4.69, 9.17) is 4.42 Å². The molecule has 0 bridgehead atoms. The number of thiophene rings is 1. The van der Waals surface area contributed by atoms with Crippen LogP contribution in [0, 0.1) is 0 Å². The van der Waals surface area contributed by atoms with Crippen molar-refractivity contribution in [2.45, 2.75) is 25.4 Å². The Hall–Kier alpha value is -2.54. The van der Waals surface area contributed by atoms with Gasteiger partial charge >= 0.3 is 6.03 Å². The van der Waals surface area contributed by atoms with E-state index in [1.54, 1.807) is 22.3 Å². The largest absolute Gasteiger partial charge is 0.463 e. The molecule has 0 atom stereocenters. The number of hydrogen-bond donors (Lipinski definition) is 1. The Morgan fingerprint density at radius 2 is 2.33 bits per heavy atom. The maximum absolute atomic E-state index is 12.7. The Bertz CT molecular complexity index is 819. The van der Waals surface area contributed by atoms with Crippen molar-refractivity contribution < 1.29 is 9.21 Å². The van der Waals surface area contributed by atoms with Gasteiger partial charge in [-0.15, -0.1) is 11.3 Å². The van der Waals surface area contributed by atoms with Crippen molar-refractivity contribution in [3.63, 3.8) is 0 Å². The minimum atomic E-state index is -0.0834. The molecule has 1 N–H and O–H groups in total. The summed E-state index contributed by atoms with van der Waals surface area (Å²) in [5, 5.41) is 9.41. The Morgan fingerprint density at radius 3 is 3.00 bits per heavy atom. The van der Waals surface area contributed by atoms with Crippen molar-refractivity contribution in [1.29, 1.82) is 0 Å². The highest BCUT2D eigenvalue weighted by Crippen LogP contribution is 2.30. The molecule has 1 saturated carbocycles. The molecule has 0 spiro atoms. The van der Waals surface area contributed by atoms with Crippen LogP contribution in [-0.4, -0.2) is 26.8 Å². The molecule has 3 aromatic rings. The van der Waals surface area contributed by atoms with Crippen LogP contribution in [0.25, 0.3) is 11.5 Å². The lowest BCUT2D eigenvalue weighted by atomic mass is 10.3. The molecule has 2 amide bonds. The van der Waals surface area contributed by atoms with E-state index in [1.165, 1.54) is 4.88 Å². The zero-order chi connectivity index (χ0) is 16.5. The molecule has 0 saturated heterocycles. The standard InChI is InChI=1S/C17H18N4O2S/c1-20-16(10-14(19-20)15-5-2-8-23-15)18-17(22)21(12-6-7-12)11-13-4-3-9-24-13/h2-5,8-10,12H,6-7,11H2,1H3,(H,18,22). The van der Waals surface area contributed by atoms with Crippen LogP contribution in [0.15, 0.2) is 46.4 Å². The van der Waals surface area contributed by atoms with Gasteiger partial charge in [0.2, 0.25) is 0 Å². The number of nitrogens with zero attached hydrogens (tertiary/aromatic N) is 3. The molecule has 7 heteroatoms. The van der Waals surface area contributed by atoms with E-state index in [9.17, 15) is 4.79 Å². The van der Waals surface area contributed by atoms with Crippen LogP contribution < -0.4 is 5.32 Å². The van der Waals surface area contributed by atoms with Crippen LogP contribution in [-0.2, 0) is 13.6 Å². The lowest BCUT2D eigenvalue weighted by Crippen LogP contribution is -2.36. The van der Waals surface area contributed by atoms with Gasteiger partial charge in [0.1, 0.15) is 11.5 Å². The van der Waals surface area contributed by atoms with Gasteiger partial charge in [-0.2, -0.15) is 5.10 Å². The number of carbonyl (C=O) groups excluding carboxylic acids is 1. The van der Waals surface area contributed by atoms with Crippen LogP contribution in [0.5, 0.6) is 0 Å². The first kappa shape index (κ1) is 15.0. The average Bonchev–Trinajstić information content (AvgIpc) is 2.97. The van der Waals surface area contributed by atoms with Gasteiger partial charge in [0.15, 0.2) is 5.76 Å². The fourth-order valence-corrected chi connectivity index (χ4v) is 3.34. The second kappa shape index (κ2) is 6.16. The number of nitrogens with one attached hydrogen (secondary N) is 1. The van der Waals surface area contributed by atoms with Gasteiger partial charge in [-0.25, -0.2) is 4.79 Å². The van der Waals surface area contributed by atoms with Gasteiger partial charge in [0.25, 0.3) is 0 Å². The topological polar surface area (TPSA) is 63.3 Å². The van der Waals surface area contributed by atoms with Crippen molar-refractivity contribution >= 4 is 23.2 Å². The summed E-state index contributed by atoms with van der Waals surface area (Å²) in [7, 11) is 1.81. The lowest BCUT2D eigenvalue weighted by Gasteiger charge is -2.22. The number of urea groups is 1. The summed E-state index contributed by atoms with van der Waals surface area (Å²) in [5.41, 5.74) is 0.703. The number of anilines is 1. The van der Waals surface area contributed by atoms with Crippen molar-refractivity contribution in [3.05, 3.63) is 46.9 Å². The van der Waals surface area contributed by atoms with Gasteiger partial charge in [-0.05, 0) is 36.4 Å². The smallest absolute Gasteiger partial charge is 0.323 e. The highest BCUT2D eigenvalue weighted by atomic mass is 32.1. The Balaban J connectivity index is 1.50. The minimum Gasteiger partial charge on any atom is -0.463 e. The number of hydrogen-bond acceptors (Lipinski definition) is 4. The van der Waals surface area contributed by atoms with Crippen LogP contribution in [0.1, 0.15) is 17.7 Å². The van der Waals surface area contributed by atoms with E-state index in [-0.39, 0.29) is 6.03 Å². The molecule has 4 rings (SSSR count). The van der Waals surface area contributed by atoms with Gasteiger partial charge in [0.05, 0.1) is 12.8 Å². The zero-order valence-electron chi connectivity index (χ0n) is 13.3. The summed E-state index contributed by atoms with van der Waals surface area (Å²) < 4.78 is 7.02. The molecule has 6 nitrogen and oxygen atoms in total. The van der Waals surface area contributed by atoms with E-state index in [0.29, 0.717) is 29.9 Å². The number of aryl methyl sites for hydroxylation is 1. The number of furan rings is 1. The third-order valence-electron chi connectivity index (χ3n) is 4.04. The molecule has 1 fully saturated rings. The number of amides is 2. The Labute approximate surface area is 143 Å². The summed E-state index contributed by atoms with van der Waals surface area (Å²) in [6, 6.07) is 9.82. The zero-order valence-corrected chi connectivity index (χ0v) is 14.1. The second-order valence-electron chi connectivity index (χ2n) is 5.88. The van der Waals surface area contributed by atoms with E-state index in [0.717, 1.165) is 12.8 Å². The number of rotatable bonds is 5. The quantitative estimate of drug-likeness (QED) is 0.764. The molecule has 3 heterocycles. The normalized spacial score (nSPS) is 13.9. The molecule has 124 valence electrons. The third-order valence-corrected chi connectivity index (χ3v) is 4.90. The highest BCUT2D eigenvalue weighted by molar-refractivity contribution is 7.09. The number of carbonyl (C=O) groups is 1. The monoisotopic (exact) mass is 342 g/mol. The van der Waals surface area contributed by atoms with Gasteiger partial charge in [-0.3, -0.25) is 10.00 Å². The lowest BCUT2D eigenvalue weighted by molar-refractivity contribution is 0.206. The van der Waals surface area contributed by atoms with E-state index in [1.807, 2.05) is 41.6 Å². The van der Waals surface area contributed by atoms with E-state index >= 15 is 0 Å². The molecule has 0 unspecified atom stereocenters. The predicted molar refractivity (Wildman–Crippen MR) is 92.8 cm³/mol. The van der Waals surface area contributed by atoms with Crippen molar-refractivity contribution in [3.8, 4) is 11.5 Å². The van der Waals surface area contributed by atoms with Crippen LogP contribution in [0.3, 0.4) is 0 Å². The highest BCUT2D eigenvalue weighted by Gasteiger charge is 2.33. The van der Waals surface area contributed by atoms with Crippen molar-refractivity contribution in [1.82, 2.24) is 14.7 Å². The SMILES string of the molecule is Cn1nc(-c2ccco2)cc1NC(=O)N(Cc1cccs1)C1CC1. The molecule has 1 aliphatic carbocycles. The maximum atomic E-state index is 12.7. The fourth-order valence-electron chi connectivity index (χ4n) is 2.63. The molecular weight excluding hydrogens is 324 g/mol. The average molecular weight is 342 g/mol. The molecule has 1 aliphatic rings. The van der Waals surface area contributed by atoms with E-state index in [2.05, 4.69) is 16.5 Å². The summed E-state index contributed by atoms with van der Waals surface area (Å²) >= 11 is 1.67. The molecule has 0 aromatic carbocycles. The summed E-state index contributed by atoms with van der Waals surface area (Å²) in [4.78, 5) is 15.8. The van der Waals surface area contributed by atoms with Crippen LogP contribution >= 0.6 is 11.3 Å². The Morgan fingerprint density at radius 1 is 1.46 bits per heavy atom.